The SMILES string of the molecule is COC(=O)c1ccc(COc2cc3c(cc2N(Cc2ccccn2)Sc2ccc(C)o2)CCC3)cc1. The van der Waals surface area contributed by atoms with Crippen molar-refractivity contribution >= 4 is 23.6 Å². The van der Waals surface area contributed by atoms with Crippen molar-refractivity contribution in [1.29, 1.82) is 0 Å². The number of ether oxygens (including phenoxy) is 2. The Morgan fingerprint density at radius 2 is 1.86 bits per heavy atom. The number of fused-ring (bicyclic) bond motifs is 1. The number of benzene rings is 2. The smallest absolute Gasteiger partial charge is 0.337 e. The van der Waals surface area contributed by atoms with Crippen molar-refractivity contribution in [2.45, 2.75) is 44.4 Å². The summed E-state index contributed by atoms with van der Waals surface area (Å²) in [6.45, 7) is 2.92. The quantitative estimate of drug-likeness (QED) is 0.191. The van der Waals surface area contributed by atoms with Crippen LogP contribution in [0.2, 0.25) is 0 Å². The maximum atomic E-state index is 11.8. The second-order valence-corrected chi connectivity index (χ2v) is 9.76. The highest BCUT2D eigenvalue weighted by Gasteiger charge is 2.22. The van der Waals surface area contributed by atoms with E-state index in [4.69, 9.17) is 13.9 Å². The summed E-state index contributed by atoms with van der Waals surface area (Å²) < 4.78 is 19.3. The molecule has 0 N–H and O–H groups in total. The molecule has 0 amide bonds. The Morgan fingerprint density at radius 3 is 2.56 bits per heavy atom. The standard InChI is InChI=1S/C29H28N2O4S/c1-20-9-14-28(35-20)36-31(18-25-8-3-4-15-30-25)26-16-23-6-5-7-24(23)17-27(26)34-19-21-10-12-22(13-11-21)29(32)33-2/h3-4,8-17H,5-7,18-19H2,1-2H3. The zero-order chi connectivity index (χ0) is 24.9. The van der Waals surface area contributed by atoms with Gasteiger partial charge < -0.3 is 18.2 Å². The fourth-order valence-corrected chi connectivity index (χ4v) is 5.24. The summed E-state index contributed by atoms with van der Waals surface area (Å²) in [5, 5.41) is 0.813. The molecule has 7 heteroatoms. The normalized spacial score (nSPS) is 12.3. The van der Waals surface area contributed by atoms with Gasteiger partial charge >= 0.3 is 5.97 Å². The van der Waals surface area contributed by atoms with E-state index in [1.807, 2.05) is 55.6 Å². The molecule has 36 heavy (non-hydrogen) atoms. The number of pyridine rings is 1. The summed E-state index contributed by atoms with van der Waals surface area (Å²) in [5.74, 6) is 1.34. The van der Waals surface area contributed by atoms with Crippen molar-refractivity contribution in [3.8, 4) is 5.75 Å². The molecular formula is C29H28N2O4S. The van der Waals surface area contributed by atoms with E-state index in [1.54, 1.807) is 24.1 Å². The number of esters is 1. The summed E-state index contributed by atoms with van der Waals surface area (Å²) >= 11 is 1.54. The zero-order valence-corrected chi connectivity index (χ0v) is 21.2. The molecule has 0 spiro atoms. The lowest BCUT2D eigenvalue weighted by atomic mass is 10.1. The number of aromatic nitrogens is 1. The van der Waals surface area contributed by atoms with E-state index in [2.05, 4.69) is 21.4 Å². The summed E-state index contributed by atoms with van der Waals surface area (Å²) in [5.41, 5.74) is 6.14. The first-order valence-corrected chi connectivity index (χ1v) is 12.7. The van der Waals surface area contributed by atoms with Gasteiger partial charge in [0.15, 0.2) is 5.09 Å². The van der Waals surface area contributed by atoms with Crippen LogP contribution in [0, 0.1) is 6.92 Å². The van der Waals surface area contributed by atoms with Crippen LogP contribution in [-0.4, -0.2) is 18.1 Å². The van der Waals surface area contributed by atoms with E-state index in [1.165, 1.54) is 18.2 Å². The Hall–Kier alpha value is -3.71. The first-order chi connectivity index (χ1) is 17.6. The molecule has 0 aliphatic heterocycles. The maximum absolute atomic E-state index is 11.8. The number of hydrogen-bond acceptors (Lipinski definition) is 7. The van der Waals surface area contributed by atoms with Crippen LogP contribution < -0.4 is 9.04 Å². The van der Waals surface area contributed by atoms with Gasteiger partial charge in [-0.1, -0.05) is 18.2 Å². The predicted octanol–water partition coefficient (Wildman–Crippen LogP) is 6.55. The fraction of sp³-hybridized carbons (Fsp3) is 0.241. The van der Waals surface area contributed by atoms with E-state index in [0.717, 1.165) is 52.8 Å². The van der Waals surface area contributed by atoms with Crippen LogP contribution in [-0.2, 0) is 30.7 Å². The number of rotatable bonds is 9. The number of methoxy groups -OCH3 is 1. The van der Waals surface area contributed by atoms with Gasteiger partial charge in [-0.3, -0.25) is 4.98 Å². The minimum absolute atomic E-state index is 0.348. The molecule has 0 radical (unpaired) electrons. The van der Waals surface area contributed by atoms with Gasteiger partial charge in [-0.25, -0.2) is 4.79 Å². The number of nitrogens with zero attached hydrogens (tertiary/aromatic N) is 2. The van der Waals surface area contributed by atoms with Gasteiger partial charge in [0, 0.05) is 18.1 Å². The lowest BCUT2D eigenvalue weighted by Gasteiger charge is -2.25. The highest BCUT2D eigenvalue weighted by molar-refractivity contribution is 8.00. The second kappa shape index (κ2) is 10.9. The van der Waals surface area contributed by atoms with Crippen LogP contribution in [0.1, 0.15) is 44.9 Å². The molecule has 2 aromatic carbocycles. The molecule has 2 aromatic heterocycles. The van der Waals surface area contributed by atoms with Gasteiger partial charge in [-0.2, -0.15) is 0 Å². The molecule has 1 aliphatic rings. The number of furan rings is 1. The third-order valence-corrected chi connectivity index (χ3v) is 7.10. The summed E-state index contributed by atoms with van der Waals surface area (Å²) in [4.78, 5) is 16.3. The van der Waals surface area contributed by atoms with E-state index in [0.29, 0.717) is 18.7 Å². The Balaban J connectivity index is 1.45. The maximum Gasteiger partial charge on any atom is 0.337 e. The van der Waals surface area contributed by atoms with Crippen molar-refractivity contribution < 1.29 is 18.7 Å². The average molecular weight is 501 g/mol. The minimum atomic E-state index is -0.348. The van der Waals surface area contributed by atoms with Gasteiger partial charge in [-0.05, 0) is 91.4 Å². The summed E-state index contributed by atoms with van der Waals surface area (Å²) in [7, 11) is 1.38. The molecule has 184 valence electrons. The molecule has 1 aliphatic carbocycles. The molecule has 2 heterocycles. The lowest BCUT2D eigenvalue weighted by molar-refractivity contribution is 0.0600. The van der Waals surface area contributed by atoms with Crippen LogP contribution >= 0.6 is 11.9 Å². The second-order valence-electron chi connectivity index (χ2n) is 8.73. The van der Waals surface area contributed by atoms with Crippen LogP contribution in [0.4, 0.5) is 5.69 Å². The Morgan fingerprint density at radius 1 is 1.06 bits per heavy atom. The van der Waals surface area contributed by atoms with Crippen molar-refractivity contribution in [2.75, 3.05) is 11.4 Å². The van der Waals surface area contributed by atoms with E-state index >= 15 is 0 Å². The Bertz CT molecular complexity index is 1340. The van der Waals surface area contributed by atoms with Crippen molar-refractivity contribution in [2.24, 2.45) is 0 Å². The highest BCUT2D eigenvalue weighted by atomic mass is 32.2. The number of anilines is 1. The average Bonchev–Trinajstić information content (AvgIpc) is 3.55. The van der Waals surface area contributed by atoms with Crippen LogP contribution in [0.3, 0.4) is 0 Å². The largest absolute Gasteiger partial charge is 0.487 e. The molecule has 4 aromatic rings. The molecule has 0 saturated heterocycles. The van der Waals surface area contributed by atoms with E-state index < -0.39 is 0 Å². The Labute approximate surface area is 215 Å². The minimum Gasteiger partial charge on any atom is -0.487 e. The van der Waals surface area contributed by atoms with Crippen molar-refractivity contribution in [3.05, 3.63) is 107 Å². The predicted molar refractivity (Wildman–Crippen MR) is 140 cm³/mol. The van der Waals surface area contributed by atoms with Crippen LogP contribution in [0.15, 0.2) is 82.4 Å². The van der Waals surface area contributed by atoms with Crippen molar-refractivity contribution in [1.82, 2.24) is 4.98 Å². The monoisotopic (exact) mass is 500 g/mol. The molecule has 5 rings (SSSR count). The Kier molecular flexibility index (Phi) is 7.28. The molecule has 0 unspecified atom stereocenters. The molecular weight excluding hydrogens is 472 g/mol. The van der Waals surface area contributed by atoms with Gasteiger partial charge in [0.05, 0.1) is 30.6 Å². The third-order valence-electron chi connectivity index (χ3n) is 6.16. The molecule has 0 bridgehead atoms. The summed E-state index contributed by atoms with van der Waals surface area (Å²) in [6, 6.07) is 21.7. The van der Waals surface area contributed by atoms with E-state index in [9.17, 15) is 4.79 Å². The van der Waals surface area contributed by atoms with E-state index in [-0.39, 0.29) is 5.97 Å². The van der Waals surface area contributed by atoms with Gasteiger partial charge in [-0.15, -0.1) is 0 Å². The number of aryl methyl sites for hydroxylation is 3. The number of hydrogen-bond donors (Lipinski definition) is 0. The van der Waals surface area contributed by atoms with Gasteiger partial charge in [0.1, 0.15) is 18.1 Å². The van der Waals surface area contributed by atoms with Gasteiger partial charge in [0.25, 0.3) is 0 Å². The topological polar surface area (TPSA) is 64.8 Å². The molecule has 0 atom stereocenters. The third kappa shape index (κ3) is 5.57. The van der Waals surface area contributed by atoms with Crippen LogP contribution in [0.5, 0.6) is 5.75 Å². The fourth-order valence-electron chi connectivity index (χ4n) is 4.29. The van der Waals surface area contributed by atoms with Crippen molar-refractivity contribution in [3.63, 3.8) is 0 Å². The number of carbonyl (C=O) groups is 1. The highest BCUT2D eigenvalue weighted by Crippen LogP contribution is 2.41. The first kappa shape index (κ1) is 24.0. The molecule has 0 saturated carbocycles. The lowest BCUT2D eigenvalue weighted by Crippen LogP contribution is -2.16. The molecule has 0 fully saturated rings. The van der Waals surface area contributed by atoms with Crippen LogP contribution in [0.25, 0.3) is 0 Å². The first-order valence-electron chi connectivity index (χ1n) is 12.0. The number of carbonyl (C=O) groups excluding carboxylic acids is 1. The summed E-state index contributed by atoms with van der Waals surface area (Å²) in [6.07, 6.45) is 5.09. The molecule has 6 nitrogen and oxygen atoms in total. The zero-order valence-electron chi connectivity index (χ0n) is 20.4. The van der Waals surface area contributed by atoms with Gasteiger partial charge in [0.2, 0.25) is 0 Å².